The van der Waals surface area contributed by atoms with E-state index in [1.807, 2.05) is 6.92 Å². The largest absolute Gasteiger partial charge is 0.352 e. The highest BCUT2D eigenvalue weighted by molar-refractivity contribution is 7.92. The highest BCUT2D eigenvalue weighted by Gasteiger charge is 2.16. The van der Waals surface area contributed by atoms with Gasteiger partial charge in [-0.05, 0) is 86.1 Å². The molecule has 0 bridgehead atoms. The Morgan fingerprint density at radius 2 is 1.41 bits per heavy atom. The molecule has 0 saturated heterocycles. The topological polar surface area (TPSA) is 104 Å². The quantitative estimate of drug-likeness (QED) is 0.502. The number of hydrogen-bond donors (Lipinski definition) is 3. The van der Waals surface area contributed by atoms with Crippen LogP contribution in [0.3, 0.4) is 0 Å². The summed E-state index contributed by atoms with van der Waals surface area (Å²) in [6.45, 7) is 3.83. The Morgan fingerprint density at radius 3 is 1.97 bits per heavy atom. The summed E-state index contributed by atoms with van der Waals surface area (Å²) in [5.74, 6) is -1.07. The van der Waals surface area contributed by atoms with Crippen molar-refractivity contribution >= 4 is 33.2 Å². The van der Waals surface area contributed by atoms with Gasteiger partial charge in [0, 0.05) is 29.0 Å². The van der Waals surface area contributed by atoms with Crippen LogP contribution in [0.25, 0.3) is 0 Å². The molecule has 0 aromatic heterocycles. The van der Waals surface area contributed by atoms with E-state index in [9.17, 15) is 22.4 Å². The average Bonchev–Trinajstić information content (AvgIpc) is 2.76. The van der Waals surface area contributed by atoms with Gasteiger partial charge < -0.3 is 10.6 Å². The van der Waals surface area contributed by atoms with Gasteiger partial charge in [-0.3, -0.25) is 14.3 Å². The Hall–Kier alpha value is -3.72. The fourth-order valence-corrected chi connectivity index (χ4v) is 4.00. The summed E-state index contributed by atoms with van der Waals surface area (Å²) in [5, 5.41) is 5.41. The molecule has 3 N–H and O–H groups in total. The number of amides is 2. The third-order valence-corrected chi connectivity index (χ3v) is 5.96. The number of nitrogens with one attached hydrogen (secondary N) is 3. The molecular weight excluding hydrogens is 433 g/mol. The molecule has 32 heavy (non-hydrogen) atoms. The van der Waals surface area contributed by atoms with Crippen LogP contribution in [0.1, 0.15) is 33.2 Å². The van der Waals surface area contributed by atoms with E-state index in [1.165, 1.54) is 43.3 Å². The molecule has 2 amide bonds. The van der Waals surface area contributed by atoms with Crippen molar-refractivity contribution in [2.24, 2.45) is 0 Å². The van der Waals surface area contributed by atoms with Crippen LogP contribution in [-0.4, -0.2) is 26.8 Å². The lowest BCUT2D eigenvalue weighted by atomic mass is 10.1. The van der Waals surface area contributed by atoms with Crippen molar-refractivity contribution in [2.45, 2.75) is 18.7 Å². The van der Waals surface area contributed by atoms with Crippen LogP contribution in [-0.2, 0) is 10.0 Å². The second-order valence-corrected chi connectivity index (χ2v) is 8.67. The molecule has 0 heterocycles. The van der Waals surface area contributed by atoms with E-state index in [1.54, 1.807) is 24.3 Å². The molecule has 0 radical (unpaired) electrons. The SMILES string of the molecule is CCNC(=O)c1ccc(NC(=O)c2ccc(NS(=O)(=O)c3ccc(F)c(C)c3)cc2)cc1. The van der Waals surface area contributed by atoms with Crippen molar-refractivity contribution in [2.75, 3.05) is 16.6 Å². The van der Waals surface area contributed by atoms with Gasteiger partial charge in [-0.2, -0.15) is 0 Å². The molecule has 0 atom stereocenters. The lowest BCUT2D eigenvalue weighted by molar-refractivity contribution is 0.0955. The van der Waals surface area contributed by atoms with Crippen LogP contribution in [0.2, 0.25) is 0 Å². The number of carbonyl (C=O) groups is 2. The molecule has 0 aliphatic heterocycles. The molecule has 3 aromatic carbocycles. The number of rotatable bonds is 7. The molecule has 0 aliphatic carbocycles. The minimum Gasteiger partial charge on any atom is -0.352 e. The van der Waals surface area contributed by atoms with E-state index in [0.29, 0.717) is 23.4 Å². The Bertz CT molecular complexity index is 1240. The normalized spacial score (nSPS) is 11.0. The summed E-state index contributed by atoms with van der Waals surface area (Å²) in [7, 11) is -3.90. The molecule has 0 aliphatic rings. The number of anilines is 2. The zero-order valence-corrected chi connectivity index (χ0v) is 18.3. The van der Waals surface area contributed by atoms with E-state index >= 15 is 0 Å². The van der Waals surface area contributed by atoms with Gasteiger partial charge in [-0.25, -0.2) is 12.8 Å². The van der Waals surface area contributed by atoms with Crippen LogP contribution in [0.4, 0.5) is 15.8 Å². The van der Waals surface area contributed by atoms with E-state index in [0.717, 1.165) is 6.07 Å². The maximum atomic E-state index is 13.4. The first-order valence-corrected chi connectivity index (χ1v) is 11.3. The molecule has 3 rings (SSSR count). The summed E-state index contributed by atoms with van der Waals surface area (Å²) in [6.07, 6.45) is 0. The summed E-state index contributed by atoms with van der Waals surface area (Å²) in [6, 6.07) is 15.9. The minimum atomic E-state index is -3.90. The summed E-state index contributed by atoms with van der Waals surface area (Å²) >= 11 is 0. The van der Waals surface area contributed by atoms with Crippen molar-refractivity contribution in [3.63, 3.8) is 0 Å². The summed E-state index contributed by atoms with van der Waals surface area (Å²) in [5.41, 5.74) is 1.80. The molecule has 9 heteroatoms. The van der Waals surface area contributed by atoms with E-state index < -0.39 is 15.8 Å². The van der Waals surface area contributed by atoms with E-state index in [-0.39, 0.29) is 28.0 Å². The second-order valence-electron chi connectivity index (χ2n) is 6.98. The fraction of sp³-hybridized carbons (Fsp3) is 0.130. The van der Waals surface area contributed by atoms with Crippen molar-refractivity contribution in [1.29, 1.82) is 0 Å². The summed E-state index contributed by atoms with van der Waals surface area (Å²) in [4.78, 5) is 24.2. The Labute approximate surface area is 185 Å². The maximum Gasteiger partial charge on any atom is 0.261 e. The highest BCUT2D eigenvalue weighted by Crippen LogP contribution is 2.19. The van der Waals surface area contributed by atoms with E-state index in [4.69, 9.17) is 0 Å². The van der Waals surface area contributed by atoms with Gasteiger partial charge in [0.15, 0.2) is 0 Å². The standard InChI is InChI=1S/C23H22FN3O4S/c1-3-25-22(28)16-4-8-18(9-5-16)26-23(29)17-6-10-19(11-7-17)27-32(30,31)20-12-13-21(24)15(2)14-20/h4-14,27H,3H2,1-2H3,(H,25,28)(H,26,29). The van der Waals surface area contributed by atoms with Gasteiger partial charge in [0.05, 0.1) is 4.90 Å². The third-order valence-electron chi connectivity index (χ3n) is 4.58. The van der Waals surface area contributed by atoms with Crippen LogP contribution < -0.4 is 15.4 Å². The van der Waals surface area contributed by atoms with Gasteiger partial charge in [-0.15, -0.1) is 0 Å². The first-order valence-electron chi connectivity index (χ1n) is 9.78. The number of halogens is 1. The Balaban J connectivity index is 1.66. The number of aryl methyl sites for hydroxylation is 1. The van der Waals surface area contributed by atoms with Gasteiger partial charge in [-0.1, -0.05) is 0 Å². The lowest BCUT2D eigenvalue weighted by Gasteiger charge is -2.10. The van der Waals surface area contributed by atoms with Crippen LogP contribution >= 0.6 is 0 Å². The maximum absolute atomic E-state index is 13.4. The first kappa shape index (κ1) is 23.0. The zero-order chi connectivity index (χ0) is 23.3. The highest BCUT2D eigenvalue weighted by atomic mass is 32.2. The van der Waals surface area contributed by atoms with Crippen molar-refractivity contribution in [1.82, 2.24) is 5.32 Å². The Morgan fingerprint density at radius 1 is 0.844 bits per heavy atom. The molecular formula is C23H22FN3O4S. The van der Waals surface area contributed by atoms with E-state index in [2.05, 4.69) is 15.4 Å². The first-order chi connectivity index (χ1) is 15.2. The third kappa shape index (κ3) is 5.50. The van der Waals surface area contributed by atoms with Crippen molar-refractivity contribution in [3.8, 4) is 0 Å². The molecule has 0 unspecified atom stereocenters. The Kier molecular flexibility index (Phi) is 6.89. The monoisotopic (exact) mass is 455 g/mol. The van der Waals surface area contributed by atoms with Gasteiger partial charge >= 0.3 is 0 Å². The second kappa shape index (κ2) is 9.61. The molecule has 0 fully saturated rings. The zero-order valence-electron chi connectivity index (χ0n) is 17.5. The molecule has 0 spiro atoms. The van der Waals surface area contributed by atoms with Crippen LogP contribution in [0.5, 0.6) is 0 Å². The van der Waals surface area contributed by atoms with Crippen molar-refractivity contribution < 1.29 is 22.4 Å². The van der Waals surface area contributed by atoms with Gasteiger partial charge in [0.2, 0.25) is 0 Å². The van der Waals surface area contributed by atoms with Crippen LogP contribution in [0.15, 0.2) is 71.6 Å². The number of sulfonamides is 1. The predicted octanol–water partition coefficient (Wildman–Crippen LogP) is 3.94. The van der Waals surface area contributed by atoms with Crippen molar-refractivity contribution in [3.05, 3.63) is 89.2 Å². The van der Waals surface area contributed by atoms with Crippen LogP contribution in [0, 0.1) is 12.7 Å². The molecule has 7 nitrogen and oxygen atoms in total. The minimum absolute atomic E-state index is 0.0608. The molecule has 0 saturated carbocycles. The summed E-state index contributed by atoms with van der Waals surface area (Å²) < 4.78 is 40.8. The molecule has 166 valence electrons. The van der Waals surface area contributed by atoms with Gasteiger partial charge in [0.1, 0.15) is 5.82 Å². The fourth-order valence-electron chi connectivity index (χ4n) is 2.86. The number of benzene rings is 3. The predicted molar refractivity (Wildman–Crippen MR) is 121 cm³/mol. The number of hydrogen-bond acceptors (Lipinski definition) is 4. The molecule has 3 aromatic rings. The average molecular weight is 456 g/mol. The van der Waals surface area contributed by atoms with Gasteiger partial charge in [0.25, 0.3) is 21.8 Å². The number of carbonyl (C=O) groups excluding carboxylic acids is 2. The smallest absolute Gasteiger partial charge is 0.261 e. The lowest BCUT2D eigenvalue weighted by Crippen LogP contribution is -2.22.